The summed E-state index contributed by atoms with van der Waals surface area (Å²) in [4.78, 5) is 34.5. The van der Waals surface area contributed by atoms with Crippen LogP contribution in [0.2, 0.25) is 5.15 Å². The number of alkyl halides is 1. The Morgan fingerprint density at radius 2 is 2.08 bits per heavy atom. The summed E-state index contributed by atoms with van der Waals surface area (Å²) >= 11 is 5.98. The molecule has 0 aliphatic carbocycles. The SMILES string of the molecule is CC(=O)OC[C@H]1O[C@@](C)(n2cnc3c(Cl)ncnc32)C(F)C1OC(C)=O. The molecule has 26 heavy (non-hydrogen) atoms. The second-order valence-corrected chi connectivity index (χ2v) is 6.30. The molecule has 9 nitrogen and oxygen atoms in total. The molecule has 2 aromatic rings. The normalized spacial score (nSPS) is 28.3. The monoisotopic (exact) mass is 386 g/mol. The summed E-state index contributed by atoms with van der Waals surface area (Å²) in [7, 11) is 0. The van der Waals surface area contributed by atoms with Gasteiger partial charge in [0.25, 0.3) is 0 Å². The Bertz CT molecular complexity index is 862. The Balaban J connectivity index is 2.00. The highest BCUT2D eigenvalue weighted by molar-refractivity contribution is 6.33. The van der Waals surface area contributed by atoms with Crippen molar-refractivity contribution in [3.63, 3.8) is 0 Å². The summed E-state index contributed by atoms with van der Waals surface area (Å²) in [5, 5.41) is 0.110. The van der Waals surface area contributed by atoms with Crippen LogP contribution in [-0.4, -0.2) is 56.4 Å². The van der Waals surface area contributed by atoms with Gasteiger partial charge in [-0.05, 0) is 6.92 Å². The molecule has 1 saturated heterocycles. The Hall–Kier alpha value is -2.33. The van der Waals surface area contributed by atoms with Gasteiger partial charge in [-0.25, -0.2) is 19.3 Å². The number of ether oxygens (including phenoxy) is 3. The lowest BCUT2D eigenvalue weighted by atomic mass is 10.1. The van der Waals surface area contributed by atoms with E-state index in [1.807, 2.05) is 0 Å². The van der Waals surface area contributed by atoms with Crippen LogP contribution in [0.4, 0.5) is 4.39 Å². The maximum Gasteiger partial charge on any atom is 0.303 e. The number of imidazole rings is 1. The third-order valence-corrected chi connectivity index (χ3v) is 4.35. The average molecular weight is 387 g/mol. The van der Waals surface area contributed by atoms with Crippen LogP contribution in [0.5, 0.6) is 0 Å². The first kappa shape index (κ1) is 18.5. The summed E-state index contributed by atoms with van der Waals surface area (Å²) in [6, 6.07) is 0. The van der Waals surface area contributed by atoms with E-state index in [2.05, 4.69) is 15.0 Å². The van der Waals surface area contributed by atoms with E-state index < -0.39 is 36.0 Å². The van der Waals surface area contributed by atoms with Crippen molar-refractivity contribution >= 4 is 34.7 Å². The molecule has 0 saturated carbocycles. The predicted octanol–water partition coefficient (Wildman–Crippen LogP) is 1.38. The van der Waals surface area contributed by atoms with Gasteiger partial charge in [-0.1, -0.05) is 11.6 Å². The number of rotatable bonds is 4. The number of nitrogens with zero attached hydrogens (tertiary/aromatic N) is 4. The number of fused-ring (bicyclic) bond motifs is 1. The fraction of sp³-hybridized carbons (Fsp3) is 0.533. The lowest BCUT2D eigenvalue weighted by molar-refractivity contribution is -0.159. The molecule has 3 rings (SSSR count). The lowest BCUT2D eigenvalue weighted by Crippen LogP contribution is -2.41. The molecule has 2 aromatic heterocycles. The van der Waals surface area contributed by atoms with Crippen molar-refractivity contribution in [1.82, 2.24) is 19.5 Å². The molecule has 2 unspecified atom stereocenters. The highest BCUT2D eigenvalue weighted by Crippen LogP contribution is 2.41. The highest BCUT2D eigenvalue weighted by Gasteiger charge is 2.57. The van der Waals surface area contributed by atoms with Crippen LogP contribution in [0.25, 0.3) is 11.2 Å². The molecule has 11 heteroatoms. The van der Waals surface area contributed by atoms with Crippen molar-refractivity contribution in [1.29, 1.82) is 0 Å². The molecule has 0 aromatic carbocycles. The molecular formula is C15H16ClFN4O5. The Morgan fingerprint density at radius 1 is 1.35 bits per heavy atom. The number of carbonyl (C=O) groups excluding carboxylic acids is 2. The third kappa shape index (κ3) is 3.10. The first-order chi connectivity index (χ1) is 12.2. The Labute approximate surface area is 152 Å². The number of aromatic nitrogens is 4. The average Bonchev–Trinajstić information content (AvgIpc) is 3.10. The molecule has 0 bridgehead atoms. The number of hydrogen-bond acceptors (Lipinski definition) is 8. The quantitative estimate of drug-likeness (QED) is 0.573. The summed E-state index contributed by atoms with van der Waals surface area (Å²) < 4.78 is 32.4. The van der Waals surface area contributed by atoms with E-state index in [9.17, 15) is 9.59 Å². The van der Waals surface area contributed by atoms with Crippen LogP contribution in [0.1, 0.15) is 20.8 Å². The highest BCUT2D eigenvalue weighted by atomic mass is 35.5. The van der Waals surface area contributed by atoms with Crippen molar-refractivity contribution in [2.75, 3.05) is 6.61 Å². The van der Waals surface area contributed by atoms with E-state index in [1.165, 1.54) is 31.1 Å². The van der Waals surface area contributed by atoms with Gasteiger partial charge in [-0.2, -0.15) is 0 Å². The topological polar surface area (TPSA) is 105 Å². The van der Waals surface area contributed by atoms with Gasteiger partial charge in [0.2, 0.25) is 0 Å². The summed E-state index contributed by atoms with van der Waals surface area (Å²) in [5.41, 5.74) is -1.08. The minimum absolute atomic E-state index is 0.110. The van der Waals surface area contributed by atoms with E-state index in [4.69, 9.17) is 25.8 Å². The van der Waals surface area contributed by atoms with Crippen molar-refractivity contribution in [2.24, 2.45) is 0 Å². The maximum atomic E-state index is 15.3. The fourth-order valence-electron chi connectivity index (χ4n) is 2.91. The minimum atomic E-state index is -1.78. The van der Waals surface area contributed by atoms with Crippen LogP contribution in [0, 0.1) is 0 Å². The van der Waals surface area contributed by atoms with E-state index in [0.29, 0.717) is 0 Å². The third-order valence-electron chi connectivity index (χ3n) is 4.08. The van der Waals surface area contributed by atoms with Gasteiger partial charge in [0, 0.05) is 13.8 Å². The van der Waals surface area contributed by atoms with Crippen LogP contribution < -0.4 is 0 Å². The Morgan fingerprint density at radius 3 is 2.73 bits per heavy atom. The number of halogens is 2. The molecular weight excluding hydrogens is 371 g/mol. The largest absolute Gasteiger partial charge is 0.463 e. The molecule has 0 radical (unpaired) electrons. The molecule has 1 aliphatic heterocycles. The van der Waals surface area contributed by atoms with Crippen molar-refractivity contribution < 1.29 is 28.2 Å². The first-order valence-corrected chi connectivity index (χ1v) is 8.08. The minimum Gasteiger partial charge on any atom is -0.463 e. The van der Waals surface area contributed by atoms with E-state index >= 15 is 4.39 Å². The standard InChI is InChI=1S/C15H16ClFN4O5/c1-7(22)24-4-9-11(25-8(2)23)12(17)15(3,26-9)21-6-20-10-13(16)18-5-19-14(10)21/h5-6,9,11-12H,4H2,1-3H3/t9-,11?,12?,15-/m1/s1. The lowest BCUT2D eigenvalue weighted by Gasteiger charge is -2.28. The molecule has 0 amide bonds. The van der Waals surface area contributed by atoms with E-state index in [-0.39, 0.29) is 22.9 Å². The van der Waals surface area contributed by atoms with Gasteiger partial charge in [0.1, 0.15) is 24.6 Å². The van der Waals surface area contributed by atoms with Gasteiger partial charge < -0.3 is 14.2 Å². The maximum absolute atomic E-state index is 15.3. The van der Waals surface area contributed by atoms with Crippen LogP contribution in [0.15, 0.2) is 12.7 Å². The van der Waals surface area contributed by atoms with Gasteiger partial charge in [-0.15, -0.1) is 0 Å². The molecule has 0 spiro atoms. The van der Waals surface area contributed by atoms with Crippen LogP contribution >= 0.6 is 11.6 Å². The molecule has 4 atom stereocenters. The van der Waals surface area contributed by atoms with Gasteiger partial charge in [0.15, 0.2) is 28.8 Å². The van der Waals surface area contributed by atoms with Crippen LogP contribution in [0.3, 0.4) is 0 Å². The van der Waals surface area contributed by atoms with Gasteiger partial charge >= 0.3 is 11.9 Å². The van der Waals surface area contributed by atoms with Gasteiger partial charge in [0.05, 0.1) is 6.33 Å². The van der Waals surface area contributed by atoms with Crippen molar-refractivity contribution in [2.45, 2.75) is 44.9 Å². The number of esters is 2. The predicted molar refractivity (Wildman–Crippen MR) is 85.9 cm³/mol. The summed E-state index contributed by atoms with van der Waals surface area (Å²) in [5.74, 6) is -1.24. The first-order valence-electron chi connectivity index (χ1n) is 7.70. The molecule has 3 heterocycles. The number of hydrogen-bond donors (Lipinski definition) is 0. The smallest absolute Gasteiger partial charge is 0.303 e. The summed E-state index contributed by atoms with van der Waals surface area (Å²) in [6.07, 6.45) is -1.52. The van der Waals surface area contributed by atoms with Crippen molar-refractivity contribution in [3.05, 3.63) is 17.8 Å². The van der Waals surface area contributed by atoms with Crippen molar-refractivity contribution in [3.8, 4) is 0 Å². The van der Waals surface area contributed by atoms with Crippen LogP contribution in [-0.2, 0) is 29.5 Å². The van der Waals surface area contributed by atoms with Gasteiger partial charge in [-0.3, -0.25) is 14.2 Å². The zero-order valence-corrected chi connectivity index (χ0v) is 14.9. The second-order valence-electron chi connectivity index (χ2n) is 5.94. The molecule has 1 fully saturated rings. The number of carbonyl (C=O) groups is 2. The molecule has 0 N–H and O–H groups in total. The zero-order chi connectivity index (χ0) is 19.1. The molecule has 140 valence electrons. The second kappa shape index (κ2) is 6.76. The fourth-order valence-corrected chi connectivity index (χ4v) is 3.09. The Kier molecular flexibility index (Phi) is 4.80. The van der Waals surface area contributed by atoms with E-state index in [0.717, 1.165) is 6.92 Å². The molecule has 1 aliphatic rings. The zero-order valence-electron chi connectivity index (χ0n) is 14.2. The summed E-state index contributed by atoms with van der Waals surface area (Å²) in [6.45, 7) is 3.56. The van der Waals surface area contributed by atoms with E-state index in [1.54, 1.807) is 0 Å².